The number of amides is 1. The SMILES string of the molecule is O=C(c1ccccc1Cl)N1C[C@H]2CCCC[C@@]2(C(=O)O)C1. The van der Waals surface area contributed by atoms with Crippen LogP contribution in [0.1, 0.15) is 36.0 Å². The summed E-state index contributed by atoms with van der Waals surface area (Å²) in [6.45, 7) is 0.827. The number of carboxylic acids is 1. The Kier molecular flexibility index (Phi) is 3.66. The highest BCUT2D eigenvalue weighted by Gasteiger charge is 2.54. The van der Waals surface area contributed by atoms with Crippen LogP contribution in [0.15, 0.2) is 24.3 Å². The topological polar surface area (TPSA) is 57.6 Å². The first-order chi connectivity index (χ1) is 10.0. The molecule has 2 atom stereocenters. The summed E-state index contributed by atoms with van der Waals surface area (Å²) in [4.78, 5) is 26.1. The Balaban J connectivity index is 1.87. The lowest BCUT2D eigenvalue weighted by Gasteiger charge is -2.34. The molecule has 1 aromatic carbocycles. The Morgan fingerprint density at radius 1 is 1.29 bits per heavy atom. The fraction of sp³-hybridized carbons (Fsp3) is 0.500. The van der Waals surface area contributed by atoms with E-state index in [2.05, 4.69) is 0 Å². The van der Waals surface area contributed by atoms with Crippen LogP contribution < -0.4 is 0 Å². The molecule has 1 aliphatic heterocycles. The summed E-state index contributed by atoms with van der Waals surface area (Å²) in [5, 5.41) is 10.1. The van der Waals surface area contributed by atoms with Crippen LogP contribution in [0.5, 0.6) is 0 Å². The molecule has 1 saturated carbocycles. The lowest BCUT2D eigenvalue weighted by molar-refractivity contribution is -0.152. The smallest absolute Gasteiger partial charge is 0.311 e. The number of aliphatic carboxylic acids is 1. The normalized spacial score (nSPS) is 28.2. The standard InChI is InChI=1S/C16H18ClNO3/c17-13-7-2-1-6-12(13)14(19)18-9-11-5-3-4-8-16(11,10-18)15(20)21/h1-2,6-7,11H,3-5,8-10H2,(H,20,21)/t11-,16-/m1/s1. The van der Waals surface area contributed by atoms with Gasteiger partial charge in [0, 0.05) is 13.1 Å². The van der Waals surface area contributed by atoms with Gasteiger partial charge in [-0.05, 0) is 30.9 Å². The molecule has 0 unspecified atom stereocenters. The Bertz CT molecular complexity index is 589. The summed E-state index contributed by atoms with van der Waals surface area (Å²) in [6.07, 6.45) is 3.53. The van der Waals surface area contributed by atoms with Crippen molar-refractivity contribution < 1.29 is 14.7 Å². The van der Waals surface area contributed by atoms with Gasteiger partial charge in [-0.3, -0.25) is 9.59 Å². The average molecular weight is 308 g/mol. The molecule has 0 radical (unpaired) electrons. The number of carboxylic acid groups (broad SMARTS) is 1. The Morgan fingerprint density at radius 2 is 2.05 bits per heavy atom. The van der Waals surface area contributed by atoms with Crippen molar-refractivity contribution in [2.24, 2.45) is 11.3 Å². The fourth-order valence-electron chi connectivity index (χ4n) is 3.77. The summed E-state index contributed by atoms with van der Waals surface area (Å²) in [5.74, 6) is -0.854. The first-order valence-corrected chi connectivity index (χ1v) is 7.69. The average Bonchev–Trinajstić information content (AvgIpc) is 2.88. The van der Waals surface area contributed by atoms with E-state index in [1.54, 1.807) is 29.2 Å². The van der Waals surface area contributed by atoms with Crippen molar-refractivity contribution in [3.63, 3.8) is 0 Å². The first-order valence-electron chi connectivity index (χ1n) is 7.32. The first kappa shape index (κ1) is 14.4. The Morgan fingerprint density at radius 3 is 2.71 bits per heavy atom. The number of carbonyl (C=O) groups excluding carboxylic acids is 1. The van der Waals surface area contributed by atoms with Crippen LogP contribution in [0.4, 0.5) is 0 Å². The van der Waals surface area contributed by atoms with Gasteiger partial charge in [-0.25, -0.2) is 0 Å². The number of benzene rings is 1. The summed E-state index contributed by atoms with van der Waals surface area (Å²) in [7, 11) is 0. The maximum Gasteiger partial charge on any atom is 0.311 e. The van der Waals surface area contributed by atoms with E-state index in [-0.39, 0.29) is 11.8 Å². The predicted molar refractivity (Wildman–Crippen MR) is 79.4 cm³/mol. The highest BCUT2D eigenvalue weighted by molar-refractivity contribution is 6.33. The van der Waals surface area contributed by atoms with E-state index in [1.807, 2.05) is 0 Å². The van der Waals surface area contributed by atoms with Crippen molar-refractivity contribution in [1.82, 2.24) is 4.90 Å². The van der Waals surface area contributed by atoms with E-state index >= 15 is 0 Å². The second kappa shape index (κ2) is 5.34. The number of hydrogen-bond acceptors (Lipinski definition) is 2. The van der Waals surface area contributed by atoms with Gasteiger partial charge in [0.15, 0.2) is 0 Å². The molecular weight excluding hydrogens is 290 g/mol. The van der Waals surface area contributed by atoms with Crippen molar-refractivity contribution in [2.45, 2.75) is 25.7 Å². The van der Waals surface area contributed by atoms with Crippen molar-refractivity contribution >= 4 is 23.5 Å². The van der Waals surface area contributed by atoms with Gasteiger partial charge in [0.2, 0.25) is 0 Å². The van der Waals surface area contributed by atoms with Gasteiger partial charge < -0.3 is 10.0 Å². The minimum atomic E-state index is -0.762. The molecule has 2 aliphatic rings. The van der Waals surface area contributed by atoms with Gasteiger partial charge in [0.05, 0.1) is 16.0 Å². The number of nitrogens with zero attached hydrogens (tertiary/aromatic N) is 1. The van der Waals surface area contributed by atoms with Crippen molar-refractivity contribution in [1.29, 1.82) is 0 Å². The minimum Gasteiger partial charge on any atom is -0.481 e. The number of halogens is 1. The molecule has 1 aromatic rings. The van der Waals surface area contributed by atoms with Crippen LogP contribution >= 0.6 is 11.6 Å². The Hall–Kier alpha value is -1.55. The van der Waals surface area contributed by atoms with Crippen LogP contribution in [0, 0.1) is 11.3 Å². The maximum absolute atomic E-state index is 12.6. The highest BCUT2D eigenvalue weighted by Crippen LogP contribution is 2.47. The molecule has 21 heavy (non-hydrogen) atoms. The van der Waals surface area contributed by atoms with E-state index < -0.39 is 11.4 Å². The van der Waals surface area contributed by atoms with Gasteiger partial charge in [0.1, 0.15) is 0 Å². The predicted octanol–water partition coefficient (Wildman–Crippen LogP) is 3.06. The molecule has 2 fully saturated rings. The largest absolute Gasteiger partial charge is 0.481 e. The van der Waals surface area contributed by atoms with Crippen molar-refractivity contribution in [3.8, 4) is 0 Å². The number of hydrogen-bond donors (Lipinski definition) is 1. The van der Waals surface area contributed by atoms with E-state index in [4.69, 9.17) is 11.6 Å². The summed E-state index contributed by atoms with van der Waals surface area (Å²) in [5.41, 5.74) is -0.298. The van der Waals surface area contributed by atoms with E-state index in [0.717, 1.165) is 19.3 Å². The van der Waals surface area contributed by atoms with E-state index in [1.165, 1.54) is 0 Å². The Labute approximate surface area is 128 Å². The van der Waals surface area contributed by atoms with Gasteiger partial charge in [-0.2, -0.15) is 0 Å². The quantitative estimate of drug-likeness (QED) is 0.913. The van der Waals surface area contributed by atoms with Crippen molar-refractivity contribution in [3.05, 3.63) is 34.9 Å². The van der Waals surface area contributed by atoms with Crippen LogP contribution in [-0.4, -0.2) is 35.0 Å². The van der Waals surface area contributed by atoms with Gasteiger partial charge >= 0.3 is 5.97 Å². The van der Waals surface area contributed by atoms with Crippen LogP contribution in [-0.2, 0) is 4.79 Å². The maximum atomic E-state index is 12.6. The molecule has 0 aromatic heterocycles. The fourth-order valence-corrected chi connectivity index (χ4v) is 3.98. The van der Waals surface area contributed by atoms with E-state index in [0.29, 0.717) is 30.1 Å². The molecule has 1 amide bonds. The highest BCUT2D eigenvalue weighted by atomic mass is 35.5. The third-order valence-corrected chi connectivity index (χ3v) is 5.27. The summed E-state index contributed by atoms with van der Waals surface area (Å²) < 4.78 is 0. The lowest BCUT2D eigenvalue weighted by atomic mass is 9.68. The monoisotopic (exact) mass is 307 g/mol. The summed E-state index contributed by atoms with van der Waals surface area (Å²) >= 11 is 6.08. The molecule has 112 valence electrons. The zero-order valence-corrected chi connectivity index (χ0v) is 12.5. The number of likely N-dealkylation sites (tertiary alicyclic amines) is 1. The third kappa shape index (κ3) is 2.31. The van der Waals surface area contributed by atoms with Gasteiger partial charge in [-0.15, -0.1) is 0 Å². The zero-order chi connectivity index (χ0) is 15.0. The molecule has 4 nitrogen and oxygen atoms in total. The number of carbonyl (C=O) groups is 2. The molecule has 3 rings (SSSR count). The molecule has 0 bridgehead atoms. The molecule has 5 heteroatoms. The second-order valence-corrected chi connectivity index (χ2v) is 6.48. The second-order valence-electron chi connectivity index (χ2n) is 6.07. The molecule has 1 aliphatic carbocycles. The van der Waals surface area contributed by atoms with Crippen LogP contribution in [0.2, 0.25) is 5.02 Å². The number of fused-ring (bicyclic) bond motifs is 1. The minimum absolute atomic E-state index is 0.0650. The van der Waals surface area contributed by atoms with Gasteiger partial charge in [0.25, 0.3) is 5.91 Å². The molecule has 0 spiro atoms. The molecule has 1 saturated heterocycles. The summed E-state index contributed by atoms with van der Waals surface area (Å²) in [6, 6.07) is 6.93. The number of rotatable bonds is 2. The van der Waals surface area contributed by atoms with E-state index in [9.17, 15) is 14.7 Å². The molecule has 1 N–H and O–H groups in total. The van der Waals surface area contributed by atoms with Crippen molar-refractivity contribution in [2.75, 3.05) is 13.1 Å². The van der Waals surface area contributed by atoms with Crippen LogP contribution in [0.3, 0.4) is 0 Å². The third-order valence-electron chi connectivity index (χ3n) is 4.94. The van der Waals surface area contributed by atoms with Gasteiger partial charge in [-0.1, -0.05) is 36.6 Å². The lowest BCUT2D eigenvalue weighted by Crippen LogP contribution is -2.41. The molecule has 1 heterocycles. The molecular formula is C16H18ClNO3. The zero-order valence-electron chi connectivity index (χ0n) is 11.7. The van der Waals surface area contributed by atoms with Crippen LogP contribution in [0.25, 0.3) is 0 Å².